The van der Waals surface area contributed by atoms with Crippen LogP contribution < -0.4 is 10.6 Å². The monoisotopic (exact) mass is 311 g/mol. The molecule has 1 fully saturated rings. The number of carbonyl (C=O) groups excluding carboxylic acids is 1. The number of hydrogen-bond acceptors (Lipinski definition) is 4. The van der Waals surface area contributed by atoms with Crippen LogP contribution in [0.1, 0.15) is 19.8 Å². The van der Waals surface area contributed by atoms with Crippen molar-refractivity contribution < 1.29 is 22.7 Å². The Hall–Kier alpha value is -0.860. The molecule has 1 aliphatic heterocycles. The van der Waals surface area contributed by atoms with E-state index < -0.39 is 12.7 Å². The number of carbonyl (C=O) groups is 1. The molecular weight excluding hydrogens is 287 g/mol. The predicted octanol–water partition coefficient (Wildman–Crippen LogP) is 0.754. The van der Waals surface area contributed by atoms with Crippen LogP contribution in [0.4, 0.5) is 13.2 Å². The lowest BCUT2D eigenvalue weighted by molar-refractivity contribution is -0.148. The molecule has 124 valence electrons. The molecule has 0 aromatic rings. The lowest BCUT2D eigenvalue weighted by Gasteiger charge is -2.33. The Morgan fingerprint density at radius 3 is 2.52 bits per heavy atom. The van der Waals surface area contributed by atoms with Gasteiger partial charge in [0.05, 0.1) is 19.2 Å². The van der Waals surface area contributed by atoms with Crippen molar-refractivity contribution in [1.82, 2.24) is 15.5 Å². The Labute approximate surface area is 123 Å². The summed E-state index contributed by atoms with van der Waals surface area (Å²) < 4.78 is 41.7. The van der Waals surface area contributed by atoms with Crippen molar-refractivity contribution in [3.8, 4) is 0 Å². The highest BCUT2D eigenvalue weighted by atomic mass is 19.4. The fraction of sp³-hybridized carbons (Fsp3) is 0.923. The van der Waals surface area contributed by atoms with Gasteiger partial charge in [-0.05, 0) is 32.9 Å². The molecule has 1 aliphatic rings. The van der Waals surface area contributed by atoms with Crippen LogP contribution in [0.3, 0.4) is 0 Å². The van der Waals surface area contributed by atoms with E-state index in [0.717, 1.165) is 0 Å². The second-order valence-electron chi connectivity index (χ2n) is 5.34. The first-order valence-electron chi connectivity index (χ1n) is 7.13. The minimum Gasteiger partial charge on any atom is -0.383 e. The Balaban J connectivity index is 2.24. The van der Waals surface area contributed by atoms with Crippen molar-refractivity contribution in [3.63, 3.8) is 0 Å². The molecule has 1 atom stereocenters. The van der Waals surface area contributed by atoms with Crippen LogP contribution in [0.25, 0.3) is 0 Å². The number of nitrogens with zero attached hydrogens (tertiary/aromatic N) is 1. The van der Waals surface area contributed by atoms with Crippen LogP contribution >= 0.6 is 0 Å². The summed E-state index contributed by atoms with van der Waals surface area (Å²) in [5, 5.41) is 5.90. The molecule has 1 amide bonds. The Kier molecular flexibility index (Phi) is 7.41. The molecule has 5 nitrogen and oxygen atoms in total. The highest BCUT2D eigenvalue weighted by Gasteiger charge is 2.32. The van der Waals surface area contributed by atoms with E-state index in [4.69, 9.17) is 4.74 Å². The SMILES string of the molecule is COCCNC(=O)C(C)NC1CCN(CC(F)(F)F)CC1. The molecule has 1 unspecified atom stereocenters. The fourth-order valence-electron chi connectivity index (χ4n) is 2.37. The van der Waals surface area contributed by atoms with Gasteiger partial charge in [0.2, 0.25) is 5.91 Å². The van der Waals surface area contributed by atoms with Crippen LogP contribution in [0.5, 0.6) is 0 Å². The maximum Gasteiger partial charge on any atom is 0.401 e. The maximum absolute atomic E-state index is 12.3. The molecule has 0 aliphatic carbocycles. The van der Waals surface area contributed by atoms with Crippen LogP contribution in [0.15, 0.2) is 0 Å². The van der Waals surface area contributed by atoms with Gasteiger partial charge < -0.3 is 15.4 Å². The number of methoxy groups -OCH3 is 1. The highest BCUT2D eigenvalue weighted by Crippen LogP contribution is 2.19. The maximum atomic E-state index is 12.3. The zero-order valence-electron chi connectivity index (χ0n) is 12.5. The molecule has 0 aromatic carbocycles. The molecule has 2 N–H and O–H groups in total. The van der Waals surface area contributed by atoms with Crippen molar-refractivity contribution in [2.24, 2.45) is 0 Å². The van der Waals surface area contributed by atoms with E-state index in [0.29, 0.717) is 39.1 Å². The van der Waals surface area contributed by atoms with E-state index in [1.54, 1.807) is 14.0 Å². The molecule has 0 spiro atoms. The molecule has 1 heterocycles. The smallest absolute Gasteiger partial charge is 0.383 e. The van der Waals surface area contributed by atoms with Gasteiger partial charge in [-0.3, -0.25) is 9.69 Å². The molecule has 8 heteroatoms. The molecule has 0 saturated carbocycles. The van der Waals surface area contributed by atoms with Crippen molar-refractivity contribution in [3.05, 3.63) is 0 Å². The van der Waals surface area contributed by atoms with Crippen LogP contribution in [0, 0.1) is 0 Å². The summed E-state index contributed by atoms with van der Waals surface area (Å²) in [6.07, 6.45) is -2.91. The van der Waals surface area contributed by atoms with Gasteiger partial charge in [0.25, 0.3) is 0 Å². The van der Waals surface area contributed by atoms with Crippen molar-refractivity contribution in [1.29, 1.82) is 0 Å². The number of hydrogen-bond donors (Lipinski definition) is 2. The van der Waals surface area contributed by atoms with Crippen LogP contribution in [-0.4, -0.2) is 69.0 Å². The first-order chi connectivity index (χ1) is 9.81. The van der Waals surface area contributed by atoms with Gasteiger partial charge in [0.15, 0.2) is 0 Å². The fourth-order valence-corrected chi connectivity index (χ4v) is 2.37. The minimum atomic E-state index is -4.14. The van der Waals surface area contributed by atoms with Crippen molar-refractivity contribution in [2.45, 2.75) is 38.0 Å². The van der Waals surface area contributed by atoms with Crippen LogP contribution in [-0.2, 0) is 9.53 Å². The standard InChI is InChI=1S/C13H24F3N3O2/c1-10(12(20)17-5-8-21-2)18-11-3-6-19(7-4-11)9-13(14,15)16/h10-11,18H,3-9H2,1-2H3,(H,17,20). The first kappa shape index (κ1) is 18.2. The van der Waals surface area contributed by atoms with Gasteiger partial charge in [-0.25, -0.2) is 0 Å². The minimum absolute atomic E-state index is 0.0812. The largest absolute Gasteiger partial charge is 0.401 e. The third kappa shape index (κ3) is 7.63. The van der Waals surface area contributed by atoms with Gasteiger partial charge in [-0.15, -0.1) is 0 Å². The number of alkyl halides is 3. The van der Waals surface area contributed by atoms with Crippen molar-refractivity contribution >= 4 is 5.91 Å². The summed E-state index contributed by atoms with van der Waals surface area (Å²) in [7, 11) is 1.56. The molecule has 1 saturated heterocycles. The second-order valence-corrected chi connectivity index (χ2v) is 5.34. The molecule has 21 heavy (non-hydrogen) atoms. The quantitative estimate of drug-likeness (QED) is 0.682. The van der Waals surface area contributed by atoms with Crippen molar-refractivity contribution in [2.75, 3.05) is 39.9 Å². The van der Waals surface area contributed by atoms with Gasteiger partial charge in [-0.2, -0.15) is 13.2 Å². The number of halogens is 3. The second kappa shape index (κ2) is 8.55. The van der Waals surface area contributed by atoms with E-state index in [-0.39, 0.29) is 18.0 Å². The van der Waals surface area contributed by atoms with E-state index in [1.807, 2.05) is 0 Å². The average Bonchev–Trinajstić information content (AvgIpc) is 2.39. The summed E-state index contributed by atoms with van der Waals surface area (Å²) >= 11 is 0. The van der Waals surface area contributed by atoms with Gasteiger partial charge >= 0.3 is 6.18 Å². The molecule has 1 rings (SSSR count). The number of likely N-dealkylation sites (tertiary alicyclic amines) is 1. The summed E-state index contributed by atoms with van der Waals surface area (Å²) in [5.41, 5.74) is 0. The number of amides is 1. The zero-order valence-corrected chi connectivity index (χ0v) is 12.5. The Bertz CT molecular complexity index is 318. The van der Waals surface area contributed by atoms with E-state index in [9.17, 15) is 18.0 Å². The molecular formula is C13H24F3N3O2. The third-order valence-electron chi connectivity index (χ3n) is 3.47. The topological polar surface area (TPSA) is 53.6 Å². The van der Waals surface area contributed by atoms with Gasteiger partial charge in [0, 0.05) is 19.7 Å². The normalized spacial score (nSPS) is 19.5. The van der Waals surface area contributed by atoms with Gasteiger partial charge in [0.1, 0.15) is 0 Å². The number of piperidine rings is 1. The lowest BCUT2D eigenvalue weighted by atomic mass is 10.0. The van der Waals surface area contributed by atoms with E-state index in [2.05, 4.69) is 10.6 Å². The molecule has 0 bridgehead atoms. The number of nitrogens with one attached hydrogen (secondary N) is 2. The lowest BCUT2D eigenvalue weighted by Crippen LogP contribution is -2.51. The predicted molar refractivity (Wildman–Crippen MR) is 73.0 cm³/mol. The Morgan fingerprint density at radius 2 is 2.00 bits per heavy atom. The number of rotatable bonds is 7. The highest BCUT2D eigenvalue weighted by molar-refractivity contribution is 5.81. The average molecular weight is 311 g/mol. The summed E-state index contributed by atoms with van der Waals surface area (Å²) in [5.74, 6) is -0.121. The first-order valence-corrected chi connectivity index (χ1v) is 7.13. The Morgan fingerprint density at radius 1 is 1.38 bits per heavy atom. The molecule has 0 aromatic heterocycles. The zero-order chi connectivity index (χ0) is 15.9. The van der Waals surface area contributed by atoms with E-state index >= 15 is 0 Å². The summed E-state index contributed by atoms with van der Waals surface area (Å²) in [4.78, 5) is 13.2. The summed E-state index contributed by atoms with van der Waals surface area (Å²) in [6.45, 7) is 2.60. The van der Waals surface area contributed by atoms with Gasteiger partial charge in [-0.1, -0.05) is 0 Å². The van der Waals surface area contributed by atoms with Crippen LogP contribution in [0.2, 0.25) is 0 Å². The third-order valence-corrected chi connectivity index (χ3v) is 3.47. The number of ether oxygens (including phenoxy) is 1. The summed E-state index contributed by atoms with van der Waals surface area (Å²) in [6, 6.07) is -0.279. The van der Waals surface area contributed by atoms with E-state index in [1.165, 1.54) is 4.90 Å². The molecule has 0 radical (unpaired) electrons.